The zero-order valence-electron chi connectivity index (χ0n) is 13.4. The number of hydrogen-bond acceptors (Lipinski definition) is 3. The fourth-order valence-corrected chi connectivity index (χ4v) is 2.14. The van der Waals surface area contributed by atoms with Crippen LogP contribution in [0.1, 0.15) is 45.4 Å². The minimum atomic E-state index is 0.497. The van der Waals surface area contributed by atoms with Gasteiger partial charge in [0.1, 0.15) is 5.82 Å². The molecule has 0 amide bonds. The number of anilines is 1. The third kappa shape index (κ3) is 5.33. The molecule has 1 rings (SSSR count). The highest BCUT2D eigenvalue weighted by molar-refractivity contribution is 5.43. The third-order valence-electron chi connectivity index (χ3n) is 3.20. The van der Waals surface area contributed by atoms with Gasteiger partial charge in [0.2, 0.25) is 0 Å². The number of aromatic nitrogens is 1. The van der Waals surface area contributed by atoms with Crippen molar-refractivity contribution in [3.05, 3.63) is 36.0 Å². The Labute approximate surface area is 124 Å². The largest absolute Gasteiger partial charge is 0.353 e. The number of aryl methyl sites for hydroxylation is 1. The molecular weight excluding hydrogens is 246 g/mol. The summed E-state index contributed by atoms with van der Waals surface area (Å²) in [5, 5.41) is 3.48. The van der Waals surface area contributed by atoms with E-state index in [9.17, 15) is 0 Å². The van der Waals surface area contributed by atoms with Gasteiger partial charge in [-0.05, 0) is 31.0 Å². The first kappa shape index (κ1) is 16.7. The third-order valence-corrected chi connectivity index (χ3v) is 3.20. The average Bonchev–Trinajstić information content (AvgIpc) is 2.42. The summed E-state index contributed by atoms with van der Waals surface area (Å²) in [5.74, 6) is 1.07. The van der Waals surface area contributed by atoms with E-state index in [1.807, 2.05) is 6.08 Å². The van der Waals surface area contributed by atoms with Gasteiger partial charge in [0, 0.05) is 31.4 Å². The van der Waals surface area contributed by atoms with E-state index in [1.165, 1.54) is 11.3 Å². The zero-order chi connectivity index (χ0) is 15.0. The number of nitrogens with one attached hydrogen (secondary N) is 1. The highest BCUT2D eigenvalue weighted by atomic mass is 15.2. The molecule has 1 N–H and O–H groups in total. The van der Waals surface area contributed by atoms with Crippen LogP contribution in [0.4, 0.5) is 5.82 Å². The molecule has 3 heteroatoms. The molecule has 1 aromatic heterocycles. The smallest absolute Gasteiger partial charge is 0.129 e. The summed E-state index contributed by atoms with van der Waals surface area (Å²) < 4.78 is 0. The van der Waals surface area contributed by atoms with Crippen LogP contribution in [0.5, 0.6) is 0 Å². The summed E-state index contributed by atoms with van der Waals surface area (Å²) in [4.78, 5) is 7.05. The molecule has 0 bridgehead atoms. The molecule has 0 aromatic carbocycles. The lowest BCUT2D eigenvalue weighted by Crippen LogP contribution is -2.25. The standard InChI is InChI=1S/C17H29N3/c1-6-9-16-11-15(13-18-14(4)5)12-17(19-16)20(8-3)10-7-2/h7,11-12,14,18H,2,6,8-10,13H2,1,3-5H3. The molecule has 0 radical (unpaired) electrons. The van der Waals surface area contributed by atoms with E-state index in [-0.39, 0.29) is 0 Å². The minimum Gasteiger partial charge on any atom is -0.353 e. The predicted octanol–water partition coefficient (Wildman–Crippen LogP) is 3.54. The van der Waals surface area contributed by atoms with Gasteiger partial charge < -0.3 is 10.2 Å². The molecule has 0 fully saturated rings. The molecule has 0 atom stereocenters. The highest BCUT2D eigenvalue weighted by Crippen LogP contribution is 2.16. The van der Waals surface area contributed by atoms with Crippen molar-refractivity contribution in [2.75, 3.05) is 18.0 Å². The van der Waals surface area contributed by atoms with E-state index in [0.29, 0.717) is 6.04 Å². The van der Waals surface area contributed by atoms with Crippen molar-refractivity contribution in [1.29, 1.82) is 0 Å². The number of hydrogen-bond donors (Lipinski definition) is 1. The molecule has 0 aliphatic carbocycles. The molecule has 0 aliphatic rings. The first-order valence-electron chi connectivity index (χ1n) is 7.69. The second-order valence-corrected chi connectivity index (χ2v) is 5.44. The summed E-state index contributed by atoms with van der Waals surface area (Å²) in [5.41, 5.74) is 2.50. The molecule has 112 valence electrons. The van der Waals surface area contributed by atoms with E-state index in [4.69, 9.17) is 4.98 Å². The van der Waals surface area contributed by atoms with Crippen molar-refractivity contribution in [3.8, 4) is 0 Å². The highest BCUT2D eigenvalue weighted by Gasteiger charge is 2.08. The Kier molecular flexibility index (Phi) is 7.31. The second kappa shape index (κ2) is 8.75. The second-order valence-electron chi connectivity index (χ2n) is 5.44. The summed E-state index contributed by atoms with van der Waals surface area (Å²) in [7, 11) is 0. The van der Waals surface area contributed by atoms with Crippen molar-refractivity contribution in [3.63, 3.8) is 0 Å². The number of pyridine rings is 1. The van der Waals surface area contributed by atoms with Crippen molar-refractivity contribution < 1.29 is 0 Å². The quantitative estimate of drug-likeness (QED) is 0.699. The SMILES string of the molecule is C=CCN(CC)c1cc(CNC(C)C)cc(CCC)n1. The molecule has 0 saturated carbocycles. The van der Waals surface area contributed by atoms with Crippen molar-refractivity contribution >= 4 is 5.82 Å². The monoisotopic (exact) mass is 275 g/mol. The van der Waals surface area contributed by atoms with Gasteiger partial charge in [0.15, 0.2) is 0 Å². The van der Waals surface area contributed by atoms with Gasteiger partial charge in [-0.2, -0.15) is 0 Å². The summed E-state index contributed by atoms with van der Waals surface area (Å²) in [6.45, 7) is 15.2. The molecule has 1 aromatic rings. The van der Waals surface area contributed by atoms with Gasteiger partial charge in [-0.25, -0.2) is 4.98 Å². The van der Waals surface area contributed by atoms with Crippen molar-refractivity contribution in [2.24, 2.45) is 0 Å². The first-order valence-corrected chi connectivity index (χ1v) is 7.69. The maximum Gasteiger partial charge on any atom is 0.129 e. The van der Waals surface area contributed by atoms with Crippen molar-refractivity contribution in [1.82, 2.24) is 10.3 Å². The molecule has 20 heavy (non-hydrogen) atoms. The Hall–Kier alpha value is -1.35. The van der Waals surface area contributed by atoms with Gasteiger partial charge in [0.05, 0.1) is 0 Å². The van der Waals surface area contributed by atoms with Crippen molar-refractivity contribution in [2.45, 2.75) is 53.1 Å². The minimum absolute atomic E-state index is 0.497. The molecular formula is C17H29N3. The van der Waals surface area contributed by atoms with Gasteiger partial charge in [-0.15, -0.1) is 6.58 Å². The fraction of sp³-hybridized carbons (Fsp3) is 0.588. The maximum atomic E-state index is 4.79. The fourth-order valence-electron chi connectivity index (χ4n) is 2.14. The van der Waals surface area contributed by atoms with Crippen LogP contribution in [0.3, 0.4) is 0 Å². The number of rotatable bonds is 9. The molecule has 0 spiro atoms. The van der Waals surface area contributed by atoms with Crippen LogP contribution >= 0.6 is 0 Å². The summed E-state index contributed by atoms with van der Waals surface area (Å²) in [6, 6.07) is 4.92. The number of nitrogens with zero attached hydrogens (tertiary/aromatic N) is 2. The van der Waals surface area contributed by atoms with E-state index >= 15 is 0 Å². The van der Waals surface area contributed by atoms with Gasteiger partial charge >= 0.3 is 0 Å². The van der Waals surface area contributed by atoms with E-state index in [1.54, 1.807) is 0 Å². The Bertz CT molecular complexity index is 413. The Morgan fingerprint density at radius 2 is 2.10 bits per heavy atom. The molecule has 3 nitrogen and oxygen atoms in total. The van der Waals surface area contributed by atoms with E-state index in [2.05, 4.69) is 56.6 Å². The van der Waals surface area contributed by atoms with Crippen LogP contribution in [0.15, 0.2) is 24.8 Å². The van der Waals surface area contributed by atoms with Crippen LogP contribution in [-0.2, 0) is 13.0 Å². The lowest BCUT2D eigenvalue weighted by atomic mass is 10.1. The van der Waals surface area contributed by atoms with Crippen LogP contribution < -0.4 is 10.2 Å². The van der Waals surface area contributed by atoms with Gasteiger partial charge in [0.25, 0.3) is 0 Å². The number of likely N-dealkylation sites (N-methyl/N-ethyl adjacent to an activating group) is 1. The normalized spacial score (nSPS) is 10.8. The Morgan fingerprint density at radius 1 is 1.35 bits per heavy atom. The van der Waals surface area contributed by atoms with E-state index in [0.717, 1.165) is 38.3 Å². The maximum absolute atomic E-state index is 4.79. The van der Waals surface area contributed by atoms with Gasteiger partial charge in [-0.3, -0.25) is 0 Å². The molecule has 1 heterocycles. The first-order chi connectivity index (χ1) is 9.60. The molecule has 0 saturated heterocycles. The van der Waals surface area contributed by atoms with E-state index < -0.39 is 0 Å². The van der Waals surface area contributed by atoms with Crippen LogP contribution in [0.2, 0.25) is 0 Å². The molecule has 0 aliphatic heterocycles. The summed E-state index contributed by atoms with van der Waals surface area (Å²) >= 11 is 0. The van der Waals surface area contributed by atoms with Gasteiger partial charge in [-0.1, -0.05) is 33.3 Å². The lowest BCUT2D eigenvalue weighted by Gasteiger charge is -2.22. The summed E-state index contributed by atoms with van der Waals surface area (Å²) in [6.07, 6.45) is 4.10. The zero-order valence-corrected chi connectivity index (χ0v) is 13.4. The Morgan fingerprint density at radius 3 is 2.65 bits per heavy atom. The van der Waals surface area contributed by atoms with Crippen LogP contribution in [0.25, 0.3) is 0 Å². The van der Waals surface area contributed by atoms with Crippen LogP contribution in [0, 0.1) is 0 Å². The lowest BCUT2D eigenvalue weighted by molar-refractivity contribution is 0.588. The van der Waals surface area contributed by atoms with Crippen LogP contribution in [-0.4, -0.2) is 24.1 Å². The topological polar surface area (TPSA) is 28.2 Å². The Balaban J connectivity index is 2.99. The molecule has 0 unspecified atom stereocenters. The predicted molar refractivity (Wildman–Crippen MR) is 88.3 cm³/mol. The average molecular weight is 275 g/mol.